The van der Waals surface area contributed by atoms with Crippen LogP contribution in [0.4, 0.5) is 10.5 Å². The molecule has 202 valence electrons. The number of aryl methyl sites for hydroxylation is 1. The number of hydrogen-bond acceptors (Lipinski definition) is 6. The highest BCUT2D eigenvalue weighted by Crippen LogP contribution is 2.34. The second-order valence-electron chi connectivity index (χ2n) is 10.5. The molecule has 1 aromatic heterocycles. The number of carbonyl (C=O) groups excluding carboxylic acids is 2. The number of anilines is 1. The Morgan fingerprint density at radius 2 is 1.71 bits per heavy atom. The lowest BCUT2D eigenvalue weighted by Gasteiger charge is -2.34. The van der Waals surface area contributed by atoms with E-state index in [1.165, 1.54) is 0 Å². The number of likely N-dealkylation sites (tertiary alicyclic amines) is 1. The molecule has 1 N–H and O–H groups in total. The van der Waals surface area contributed by atoms with Crippen molar-refractivity contribution in [2.75, 3.05) is 32.6 Å². The third-order valence-corrected chi connectivity index (χ3v) is 6.47. The van der Waals surface area contributed by atoms with Gasteiger partial charge in [0.25, 0.3) is 5.91 Å². The number of carbonyl (C=O) groups is 2. The number of nitrogens with zero attached hydrogens (tertiary/aromatic N) is 3. The van der Waals surface area contributed by atoms with E-state index in [-0.39, 0.29) is 17.9 Å². The van der Waals surface area contributed by atoms with Crippen LogP contribution in [0.15, 0.2) is 48.7 Å². The fourth-order valence-corrected chi connectivity index (χ4v) is 4.67. The van der Waals surface area contributed by atoms with Gasteiger partial charge in [0.2, 0.25) is 0 Å². The largest absolute Gasteiger partial charge is 0.493 e. The maximum atomic E-state index is 13.6. The van der Waals surface area contributed by atoms with Gasteiger partial charge in [0.15, 0.2) is 11.5 Å². The molecule has 0 spiro atoms. The van der Waals surface area contributed by atoms with Gasteiger partial charge in [0.1, 0.15) is 5.60 Å². The van der Waals surface area contributed by atoms with Crippen LogP contribution in [0.25, 0.3) is 5.69 Å². The molecular formula is C29H36N4O5. The summed E-state index contributed by atoms with van der Waals surface area (Å²) < 4.78 is 18.1. The SMILES string of the molecule is COc1ccc(NC(=O)c2cnn(-c3cccc(C)c3)c2C2CCN(C(=O)OC(C)(C)C)CC2)cc1OC. The number of piperidine rings is 1. The summed E-state index contributed by atoms with van der Waals surface area (Å²) in [6.07, 6.45) is 2.68. The van der Waals surface area contributed by atoms with Crippen LogP contribution in [0.2, 0.25) is 0 Å². The first-order valence-electron chi connectivity index (χ1n) is 12.8. The molecule has 2 heterocycles. The molecule has 9 heteroatoms. The number of rotatable bonds is 6. The van der Waals surface area contributed by atoms with E-state index >= 15 is 0 Å². The van der Waals surface area contributed by atoms with E-state index in [1.807, 2.05) is 56.6 Å². The lowest BCUT2D eigenvalue weighted by atomic mass is 9.90. The Morgan fingerprint density at radius 1 is 1.00 bits per heavy atom. The normalized spacial score (nSPS) is 14.2. The van der Waals surface area contributed by atoms with Crippen molar-refractivity contribution >= 4 is 17.7 Å². The minimum atomic E-state index is -0.548. The van der Waals surface area contributed by atoms with E-state index < -0.39 is 5.60 Å². The van der Waals surface area contributed by atoms with Crippen molar-refractivity contribution in [2.45, 2.75) is 52.1 Å². The number of methoxy groups -OCH3 is 2. The Bertz CT molecular complexity index is 1300. The number of hydrogen-bond donors (Lipinski definition) is 1. The summed E-state index contributed by atoms with van der Waals surface area (Å²) >= 11 is 0. The van der Waals surface area contributed by atoms with Crippen molar-refractivity contribution in [3.8, 4) is 17.2 Å². The van der Waals surface area contributed by atoms with Gasteiger partial charge in [-0.25, -0.2) is 9.48 Å². The van der Waals surface area contributed by atoms with Crippen LogP contribution < -0.4 is 14.8 Å². The van der Waals surface area contributed by atoms with Crippen LogP contribution in [0.1, 0.15) is 61.1 Å². The van der Waals surface area contributed by atoms with Gasteiger partial charge in [0, 0.05) is 30.8 Å². The average molecular weight is 521 g/mol. The summed E-state index contributed by atoms with van der Waals surface area (Å²) in [6, 6.07) is 13.3. The average Bonchev–Trinajstić information content (AvgIpc) is 3.33. The quantitative estimate of drug-likeness (QED) is 0.457. The monoisotopic (exact) mass is 520 g/mol. The van der Waals surface area contributed by atoms with Crippen LogP contribution in [-0.4, -0.2) is 59.6 Å². The van der Waals surface area contributed by atoms with Crippen molar-refractivity contribution in [1.29, 1.82) is 0 Å². The summed E-state index contributed by atoms with van der Waals surface area (Å²) in [5, 5.41) is 7.62. The van der Waals surface area contributed by atoms with Crippen LogP contribution in [0, 0.1) is 6.92 Å². The first-order valence-corrected chi connectivity index (χ1v) is 12.8. The van der Waals surface area contributed by atoms with E-state index in [0.717, 1.165) is 16.9 Å². The molecule has 0 atom stereocenters. The summed E-state index contributed by atoms with van der Waals surface area (Å²) in [6.45, 7) is 8.69. The van der Waals surface area contributed by atoms with Crippen molar-refractivity contribution in [1.82, 2.24) is 14.7 Å². The van der Waals surface area contributed by atoms with E-state index in [2.05, 4.69) is 10.4 Å². The van der Waals surface area contributed by atoms with E-state index in [9.17, 15) is 9.59 Å². The summed E-state index contributed by atoms with van der Waals surface area (Å²) in [4.78, 5) is 27.9. The molecule has 0 bridgehead atoms. The van der Waals surface area contributed by atoms with Gasteiger partial charge in [0.05, 0.1) is 37.4 Å². The summed E-state index contributed by atoms with van der Waals surface area (Å²) in [5.41, 5.74) is 3.35. The minimum absolute atomic E-state index is 0.0304. The Morgan fingerprint density at radius 3 is 2.34 bits per heavy atom. The zero-order chi connectivity index (χ0) is 27.4. The molecule has 0 radical (unpaired) electrons. The first-order chi connectivity index (χ1) is 18.1. The zero-order valence-corrected chi connectivity index (χ0v) is 22.9. The fourth-order valence-electron chi connectivity index (χ4n) is 4.67. The van der Waals surface area contributed by atoms with Crippen molar-refractivity contribution in [3.63, 3.8) is 0 Å². The van der Waals surface area contributed by atoms with Crippen molar-refractivity contribution < 1.29 is 23.8 Å². The number of aromatic nitrogens is 2. The maximum absolute atomic E-state index is 13.6. The van der Waals surface area contributed by atoms with Crippen LogP contribution >= 0.6 is 0 Å². The molecule has 1 aliphatic rings. The van der Waals surface area contributed by atoms with E-state index in [1.54, 1.807) is 43.5 Å². The highest BCUT2D eigenvalue weighted by molar-refractivity contribution is 6.05. The maximum Gasteiger partial charge on any atom is 0.410 e. The van der Waals surface area contributed by atoms with Crippen molar-refractivity contribution in [3.05, 3.63) is 65.5 Å². The molecule has 38 heavy (non-hydrogen) atoms. The zero-order valence-electron chi connectivity index (χ0n) is 22.9. The van der Waals surface area contributed by atoms with Gasteiger partial charge in [-0.2, -0.15) is 5.10 Å². The molecule has 0 saturated carbocycles. The lowest BCUT2D eigenvalue weighted by Crippen LogP contribution is -2.41. The predicted octanol–water partition coefficient (Wildman–Crippen LogP) is 5.56. The molecule has 4 rings (SSSR count). The van der Waals surface area contributed by atoms with Gasteiger partial charge in [-0.15, -0.1) is 0 Å². The number of amides is 2. The molecule has 9 nitrogen and oxygen atoms in total. The van der Waals surface area contributed by atoms with Crippen molar-refractivity contribution in [2.24, 2.45) is 0 Å². The minimum Gasteiger partial charge on any atom is -0.493 e. The van der Waals surface area contributed by atoms with Gasteiger partial charge < -0.3 is 24.4 Å². The van der Waals surface area contributed by atoms with Crippen LogP contribution in [0.5, 0.6) is 11.5 Å². The smallest absolute Gasteiger partial charge is 0.410 e. The third kappa shape index (κ3) is 6.10. The van der Waals surface area contributed by atoms with Crippen LogP contribution in [0.3, 0.4) is 0 Å². The van der Waals surface area contributed by atoms with Gasteiger partial charge >= 0.3 is 6.09 Å². The molecule has 0 aliphatic carbocycles. The summed E-state index contributed by atoms with van der Waals surface area (Å²) in [7, 11) is 3.12. The van der Waals surface area contributed by atoms with E-state index in [4.69, 9.17) is 14.2 Å². The highest BCUT2D eigenvalue weighted by atomic mass is 16.6. The molecule has 1 saturated heterocycles. The number of benzene rings is 2. The molecule has 1 aliphatic heterocycles. The van der Waals surface area contributed by atoms with Gasteiger partial charge in [-0.1, -0.05) is 12.1 Å². The Kier molecular flexibility index (Phi) is 7.94. The molecular weight excluding hydrogens is 484 g/mol. The molecule has 3 aromatic rings. The number of nitrogens with one attached hydrogen (secondary N) is 1. The Labute approximate surface area is 223 Å². The van der Waals surface area contributed by atoms with E-state index in [0.29, 0.717) is 48.7 Å². The Hall–Kier alpha value is -4.01. The second-order valence-corrected chi connectivity index (χ2v) is 10.5. The van der Waals surface area contributed by atoms with Gasteiger partial charge in [-0.3, -0.25) is 4.79 Å². The highest BCUT2D eigenvalue weighted by Gasteiger charge is 2.32. The first kappa shape index (κ1) is 27.0. The molecule has 2 amide bonds. The molecule has 2 aromatic carbocycles. The third-order valence-electron chi connectivity index (χ3n) is 6.47. The summed E-state index contributed by atoms with van der Waals surface area (Å²) in [5.74, 6) is 0.870. The second kappa shape index (κ2) is 11.2. The number of ether oxygens (including phenoxy) is 3. The predicted molar refractivity (Wildman–Crippen MR) is 146 cm³/mol. The topological polar surface area (TPSA) is 94.9 Å². The molecule has 0 unspecified atom stereocenters. The Balaban J connectivity index is 1.62. The van der Waals surface area contributed by atoms with Gasteiger partial charge in [-0.05, 0) is 70.4 Å². The lowest BCUT2D eigenvalue weighted by molar-refractivity contribution is 0.0203. The van der Waals surface area contributed by atoms with Crippen LogP contribution in [-0.2, 0) is 4.74 Å². The fraction of sp³-hybridized carbons (Fsp3) is 0.414. The standard InChI is InChI=1S/C29H36N4O5/c1-19-8-7-9-22(16-19)33-26(20-12-14-32(15-13-20)28(35)38-29(2,3)4)23(18-30-33)27(34)31-21-10-11-24(36-5)25(17-21)37-6/h7-11,16-18,20H,12-15H2,1-6H3,(H,31,34). The molecule has 1 fully saturated rings.